The molecule has 3 rings (SSSR count). The number of hydrogen-bond donors (Lipinski definition) is 1. The Morgan fingerprint density at radius 2 is 1.87 bits per heavy atom. The van der Waals surface area contributed by atoms with E-state index in [-0.39, 0.29) is 11.1 Å². The SMILES string of the molecule is O=c1c(/C=N\Nc2ccc([N+](=O)[O-])cc2)coc2ccccc12. The van der Waals surface area contributed by atoms with Gasteiger partial charge in [0.25, 0.3) is 5.69 Å². The van der Waals surface area contributed by atoms with Crippen LogP contribution in [0.4, 0.5) is 11.4 Å². The van der Waals surface area contributed by atoms with E-state index in [4.69, 9.17) is 4.42 Å². The van der Waals surface area contributed by atoms with Gasteiger partial charge in [0.2, 0.25) is 5.43 Å². The molecule has 0 aliphatic rings. The summed E-state index contributed by atoms with van der Waals surface area (Å²) in [5, 5.41) is 15.0. The molecule has 0 aliphatic carbocycles. The van der Waals surface area contributed by atoms with Crippen LogP contribution in [0.1, 0.15) is 5.56 Å². The molecule has 3 aromatic rings. The molecule has 1 aromatic heterocycles. The molecule has 0 bridgehead atoms. The minimum absolute atomic E-state index is 0.00490. The van der Waals surface area contributed by atoms with Crippen molar-refractivity contribution in [3.8, 4) is 0 Å². The van der Waals surface area contributed by atoms with E-state index in [0.29, 0.717) is 22.2 Å². The van der Waals surface area contributed by atoms with E-state index in [1.165, 1.54) is 36.7 Å². The van der Waals surface area contributed by atoms with Gasteiger partial charge in [0, 0.05) is 12.1 Å². The van der Waals surface area contributed by atoms with E-state index in [9.17, 15) is 14.9 Å². The summed E-state index contributed by atoms with van der Waals surface area (Å²) in [5.41, 5.74) is 3.90. The lowest BCUT2D eigenvalue weighted by Gasteiger charge is -2.00. The third-order valence-corrected chi connectivity index (χ3v) is 3.18. The third kappa shape index (κ3) is 3.08. The molecule has 0 fully saturated rings. The lowest BCUT2D eigenvalue weighted by atomic mass is 10.2. The fourth-order valence-corrected chi connectivity index (χ4v) is 2.02. The highest BCUT2D eigenvalue weighted by Crippen LogP contribution is 2.15. The summed E-state index contributed by atoms with van der Waals surface area (Å²) in [5.74, 6) is 0. The van der Waals surface area contributed by atoms with Crippen LogP contribution < -0.4 is 10.9 Å². The summed E-state index contributed by atoms with van der Waals surface area (Å²) >= 11 is 0. The van der Waals surface area contributed by atoms with Crippen molar-refractivity contribution in [3.05, 3.63) is 80.7 Å². The first-order valence-corrected chi connectivity index (χ1v) is 6.69. The molecule has 0 saturated carbocycles. The van der Waals surface area contributed by atoms with Crippen molar-refractivity contribution in [2.75, 3.05) is 5.43 Å². The normalized spacial score (nSPS) is 11.0. The predicted molar refractivity (Wildman–Crippen MR) is 86.8 cm³/mol. The molecule has 7 nitrogen and oxygen atoms in total. The van der Waals surface area contributed by atoms with E-state index < -0.39 is 4.92 Å². The van der Waals surface area contributed by atoms with E-state index in [2.05, 4.69) is 10.5 Å². The number of hydrogen-bond acceptors (Lipinski definition) is 6. The summed E-state index contributed by atoms with van der Waals surface area (Å²) in [6, 6.07) is 12.7. The number of fused-ring (bicyclic) bond motifs is 1. The molecule has 0 saturated heterocycles. The van der Waals surface area contributed by atoms with Gasteiger partial charge in [-0.15, -0.1) is 0 Å². The van der Waals surface area contributed by atoms with Crippen LogP contribution in [0.5, 0.6) is 0 Å². The van der Waals surface area contributed by atoms with E-state index in [1.54, 1.807) is 24.3 Å². The van der Waals surface area contributed by atoms with E-state index >= 15 is 0 Å². The average molecular weight is 309 g/mol. The molecule has 1 heterocycles. The Morgan fingerprint density at radius 1 is 1.13 bits per heavy atom. The van der Waals surface area contributed by atoms with Gasteiger partial charge in [-0.2, -0.15) is 5.10 Å². The zero-order valence-electron chi connectivity index (χ0n) is 11.8. The molecule has 0 aliphatic heterocycles. The van der Waals surface area contributed by atoms with Gasteiger partial charge in [0.05, 0.1) is 27.8 Å². The number of rotatable bonds is 4. The van der Waals surface area contributed by atoms with Crippen molar-refractivity contribution in [1.82, 2.24) is 0 Å². The quantitative estimate of drug-likeness (QED) is 0.453. The fraction of sp³-hybridized carbons (Fsp3) is 0. The summed E-state index contributed by atoms with van der Waals surface area (Å²) < 4.78 is 5.37. The molecule has 2 aromatic carbocycles. The van der Waals surface area contributed by atoms with Gasteiger partial charge in [-0.3, -0.25) is 20.3 Å². The van der Waals surface area contributed by atoms with Gasteiger partial charge in [0.1, 0.15) is 11.8 Å². The van der Waals surface area contributed by atoms with Crippen LogP contribution in [0.25, 0.3) is 11.0 Å². The van der Waals surface area contributed by atoms with Gasteiger partial charge >= 0.3 is 0 Å². The molecule has 0 unspecified atom stereocenters. The predicted octanol–water partition coefficient (Wildman–Crippen LogP) is 3.15. The van der Waals surface area contributed by atoms with E-state index in [0.717, 1.165) is 0 Å². The number of nitro groups is 1. The molecule has 7 heteroatoms. The van der Waals surface area contributed by atoms with Crippen LogP contribution in [-0.2, 0) is 0 Å². The second-order valence-corrected chi connectivity index (χ2v) is 4.69. The highest BCUT2D eigenvalue weighted by atomic mass is 16.6. The smallest absolute Gasteiger partial charge is 0.269 e. The Labute approximate surface area is 130 Å². The van der Waals surface area contributed by atoms with E-state index in [1.807, 2.05) is 0 Å². The average Bonchev–Trinajstić information content (AvgIpc) is 2.57. The molecule has 1 N–H and O–H groups in total. The van der Waals surface area contributed by atoms with Crippen molar-refractivity contribution in [2.45, 2.75) is 0 Å². The van der Waals surface area contributed by atoms with Crippen molar-refractivity contribution >= 4 is 28.6 Å². The minimum Gasteiger partial charge on any atom is -0.463 e. The zero-order chi connectivity index (χ0) is 16.2. The van der Waals surface area contributed by atoms with Crippen molar-refractivity contribution < 1.29 is 9.34 Å². The molecule has 0 spiro atoms. The number of hydrazone groups is 1. The fourth-order valence-electron chi connectivity index (χ4n) is 2.02. The molecule has 0 atom stereocenters. The summed E-state index contributed by atoms with van der Waals surface area (Å²) in [4.78, 5) is 22.3. The first-order chi connectivity index (χ1) is 11.1. The molecule has 114 valence electrons. The number of non-ortho nitro benzene ring substituents is 1. The van der Waals surface area contributed by atoms with Crippen molar-refractivity contribution in [3.63, 3.8) is 0 Å². The van der Waals surface area contributed by atoms with Gasteiger partial charge in [-0.05, 0) is 24.3 Å². The molecule has 0 amide bonds. The van der Waals surface area contributed by atoms with Crippen LogP contribution in [0.15, 0.2) is 69.1 Å². The first kappa shape index (κ1) is 14.5. The summed E-state index contributed by atoms with van der Waals surface area (Å²) in [7, 11) is 0. The number of nitro benzene ring substituents is 1. The topological polar surface area (TPSA) is 97.7 Å². The van der Waals surface area contributed by atoms with Gasteiger partial charge in [-0.25, -0.2) is 0 Å². The Bertz CT molecular complexity index is 945. The van der Waals surface area contributed by atoms with Gasteiger partial charge in [-0.1, -0.05) is 12.1 Å². The molecule has 23 heavy (non-hydrogen) atoms. The Balaban J connectivity index is 1.79. The van der Waals surface area contributed by atoms with Crippen molar-refractivity contribution in [2.24, 2.45) is 5.10 Å². The Hall–Kier alpha value is -3.48. The minimum atomic E-state index is -0.479. The Kier molecular flexibility index (Phi) is 3.84. The lowest BCUT2D eigenvalue weighted by Crippen LogP contribution is -2.08. The maximum atomic E-state index is 12.2. The number of anilines is 1. The highest BCUT2D eigenvalue weighted by molar-refractivity contribution is 5.86. The van der Waals surface area contributed by atoms with Crippen LogP contribution in [0.3, 0.4) is 0 Å². The summed E-state index contributed by atoms with van der Waals surface area (Å²) in [6.45, 7) is 0. The molecular weight excluding hydrogens is 298 g/mol. The monoisotopic (exact) mass is 309 g/mol. The number of benzene rings is 2. The standard InChI is InChI=1S/C16H11N3O4/c20-16-11(10-23-15-4-2-1-3-14(15)16)9-17-18-12-5-7-13(8-6-12)19(21)22/h1-10,18H/b17-9-. The number of para-hydroxylation sites is 1. The second-order valence-electron chi connectivity index (χ2n) is 4.69. The van der Waals surface area contributed by atoms with Crippen LogP contribution in [0, 0.1) is 10.1 Å². The maximum absolute atomic E-state index is 12.2. The first-order valence-electron chi connectivity index (χ1n) is 6.69. The van der Waals surface area contributed by atoms with Crippen LogP contribution >= 0.6 is 0 Å². The highest BCUT2D eigenvalue weighted by Gasteiger charge is 2.05. The van der Waals surface area contributed by atoms with Crippen LogP contribution in [0.2, 0.25) is 0 Å². The molecular formula is C16H11N3O4. The zero-order valence-corrected chi connectivity index (χ0v) is 11.8. The largest absolute Gasteiger partial charge is 0.463 e. The summed E-state index contributed by atoms with van der Waals surface area (Å²) in [6.07, 6.45) is 2.69. The van der Waals surface area contributed by atoms with Gasteiger partial charge < -0.3 is 4.42 Å². The third-order valence-electron chi connectivity index (χ3n) is 3.18. The number of nitrogens with zero attached hydrogens (tertiary/aromatic N) is 2. The van der Waals surface area contributed by atoms with Crippen LogP contribution in [-0.4, -0.2) is 11.1 Å². The Morgan fingerprint density at radius 3 is 2.61 bits per heavy atom. The molecule has 0 radical (unpaired) electrons. The second kappa shape index (κ2) is 6.10. The van der Waals surface area contributed by atoms with Crippen molar-refractivity contribution in [1.29, 1.82) is 0 Å². The number of nitrogens with one attached hydrogen (secondary N) is 1. The maximum Gasteiger partial charge on any atom is 0.269 e. The van der Waals surface area contributed by atoms with Gasteiger partial charge in [0.15, 0.2) is 0 Å². The lowest BCUT2D eigenvalue weighted by molar-refractivity contribution is -0.384.